The number of nitrogens with two attached hydrogens (primary N) is 1. The second-order valence-corrected chi connectivity index (χ2v) is 4.69. The maximum atomic E-state index is 10.1. The molecule has 0 aliphatic carbocycles. The van der Waals surface area contributed by atoms with Gasteiger partial charge < -0.3 is 15.6 Å². The molecule has 3 heteroatoms. The quantitative estimate of drug-likeness (QED) is 0.696. The van der Waals surface area contributed by atoms with Gasteiger partial charge in [0.1, 0.15) is 17.2 Å². The highest BCUT2D eigenvalue weighted by Gasteiger charge is 2.10. The second-order valence-electron chi connectivity index (χ2n) is 4.69. The topological polar surface area (TPSA) is 55.5 Å². The van der Waals surface area contributed by atoms with Crippen molar-refractivity contribution in [1.82, 2.24) is 0 Å². The summed E-state index contributed by atoms with van der Waals surface area (Å²) in [5, 5.41) is 10.1. The van der Waals surface area contributed by atoms with Crippen LogP contribution in [-0.4, -0.2) is 5.11 Å². The van der Waals surface area contributed by atoms with Crippen molar-refractivity contribution in [2.45, 2.75) is 0 Å². The molecule has 3 aromatic carbocycles. The largest absolute Gasteiger partial charge is 0.507 e. The van der Waals surface area contributed by atoms with E-state index in [1.54, 1.807) is 12.1 Å². The van der Waals surface area contributed by atoms with Gasteiger partial charge in [-0.1, -0.05) is 36.4 Å². The lowest BCUT2D eigenvalue weighted by atomic mass is 10.0. The molecule has 0 atom stereocenters. The molecule has 3 N–H and O–H groups in total. The molecule has 0 fully saturated rings. The lowest BCUT2D eigenvalue weighted by Crippen LogP contribution is -1.90. The first-order valence-corrected chi connectivity index (χ1v) is 6.65. The normalized spacial score (nSPS) is 10.3. The number of para-hydroxylation sites is 2. The standard InChI is InChI=1S/C18H15NO2/c19-13-10-11-15(17(20)12-13)16-8-4-5-9-18(16)21-14-6-2-1-3-7-14/h1-12,20H,19H2. The van der Waals surface area contributed by atoms with Crippen LogP contribution >= 0.6 is 0 Å². The summed E-state index contributed by atoms with van der Waals surface area (Å²) in [6, 6.07) is 22.2. The summed E-state index contributed by atoms with van der Waals surface area (Å²) >= 11 is 0. The van der Waals surface area contributed by atoms with E-state index in [1.807, 2.05) is 54.6 Å². The Morgan fingerprint density at radius 3 is 2.24 bits per heavy atom. The summed E-state index contributed by atoms with van der Waals surface area (Å²) in [6.45, 7) is 0. The molecule has 104 valence electrons. The molecule has 0 unspecified atom stereocenters. The summed E-state index contributed by atoms with van der Waals surface area (Å²) in [4.78, 5) is 0. The molecule has 0 saturated carbocycles. The number of anilines is 1. The van der Waals surface area contributed by atoms with E-state index >= 15 is 0 Å². The smallest absolute Gasteiger partial charge is 0.135 e. The fourth-order valence-electron chi connectivity index (χ4n) is 2.17. The minimum atomic E-state index is 0.138. The summed E-state index contributed by atoms with van der Waals surface area (Å²) in [5.41, 5.74) is 7.71. The monoisotopic (exact) mass is 277 g/mol. The van der Waals surface area contributed by atoms with E-state index < -0.39 is 0 Å². The van der Waals surface area contributed by atoms with Crippen LogP contribution in [0.5, 0.6) is 17.2 Å². The summed E-state index contributed by atoms with van der Waals surface area (Å²) in [5.74, 6) is 1.57. The predicted octanol–water partition coefficient (Wildman–Crippen LogP) is 4.43. The molecular formula is C18H15NO2. The number of phenols is 1. The summed E-state index contributed by atoms with van der Waals surface area (Å²) in [6.07, 6.45) is 0. The molecule has 21 heavy (non-hydrogen) atoms. The van der Waals surface area contributed by atoms with Gasteiger partial charge in [0.15, 0.2) is 0 Å². The van der Waals surface area contributed by atoms with Gasteiger partial charge in [0, 0.05) is 22.9 Å². The second kappa shape index (κ2) is 5.59. The first-order chi connectivity index (χ1) is 10.2. The number of phenolic OH excluding ortho intramolecular Hbond substituents is 1. The van der Waals surface area contributed by atoms with Gasteiger partial charge in [-0.2, -0.15) is 0 Å². The molecule has 0 aliphatic heterocycles. The Labute approximate surface area is 123 Å². The van der Waals surface area contributed by atoms with Crippen molar-refractivity contribution < 1.29 is 9.84 Å². The Balaban J connectivity index is 2.03. The first kappa shape index (κ1) is 13.1. The molecule has 0 saturated heterocycles. The lowest BCUT2D eigenvalue weighted by Gasteiger charge is -2.12. The van der Waals surface area contributed by atoms with Gasteiger partial charge in [-0.3, -0.25) is 0 Å². The van der Waals surface area contributed by atoms with E-state index in [-0.39, 0.29) is 5.75 Å². The van der Waals surface area contributed by atoms with Gasteiger partial charge in [-0.15, -0.1) is 0 Å². The highest BCUT2D eigenvalue weighted by Crippen LogP contribution is 2.38. The number of hydrogen-bond donors (Lipinski definition) is 2. The van der Waals surface area contributed by atoms with E-state index in [0.717, 1.165) is 11.3 Å². The maximum Gasteiger partial charge on any atom is 0.135 e. The first-order valence-electron chi connectivity index (χ1n) is 6.65. The number of ether oxygens (including phenoxy) is 1. The number of rotatable bonds is 3. The third kappa shape index (κ3) is 2.82. The van der Waals surface area contributed by atoms with Crippen LogP contribution in [0.15, 0.2) is 72.8 Å². The van der Waals surface area contributed by atoms with E-state index in [9.17, 15) is 5.11 Å². The van der Waals surface area contributed by atoms with E-state index in [0.29, 0.717) is 17.0 Å². The Hall–Kier alpha value is -2.94. The Bertz CT molecular complexity index is 754. The fourth-order valence-corrected chi connectivity index (χ4v) is 2.17. The van der Waals surface area contributed by atoms with Crippen LogP contribution in [0.1, 0.15) is 0 Å². The minimum absolute atomic E-state index is 0.138. The summed E-state index contributed by atoms with van der Waals surface area (Å²) < 4.78 is 5.91. The highest BCUT2D eigenvalue weighted by atomic mass is 16.5. The molecule has 0 radical (unpaired) electrons. The predicted molar refractivity (Wildman–Crippen MR) is 84.5 cm³/mol. The van der Waals surface area contributed by atoms with Crippen LogP contribution in [0.25, 0.3) is 11.1 Å². The number of hydrogen-bond acceptors (Lipinski definition) is 3. The minimum Gasteiger partial charge on any atom is -0.507 e. The molecule has 0 heterocycles. The van der Waals surface area contributed by atoms with Crippen molar-refractivity contribution in [1.29, 1.82) is 0 Å². The zero-order valence-electron chi connectivity index (χ0n) is 11.4. The Morgan fingerprint density at radius 2 is 1.48 bits per heavy atom. The Morgan fingerprint density at radius 1 is 0.762 bits per heavy atom. The van der Waals surface area contributed by atoms with E-state index in [1.165, 1.54) is 6.07 Å². The van der Waals surface area contributed by atoms with Crippen LogP contribution in [0.4, 0.5) is 5.69 Å². The molecule has 3 nitrogen and oxygen atoms in total. The van der Waals surface area contributed by atoms with Crippen molar-refractivity contribution >= 4 is 5.69 Å². The van der Waals surface area contributed by atoms with Gasteiger partial charge >= 0.3 is 0 Å². The van der Waals surface area contributed by atoms with Gasteiger partial charge in [-0.25, -0.2) is 0 Å². The third-order valence-electron chi connectivity index (χ3n) is 3.17. The van der Waals surface area contributed by atoms with Crippen LogP contribution in [0.2, 0.25) is 0 Å². The van der Waals surface area contributed by atoms with E-state index in [2.05, 4.69) is 0 Å². The van der Waals surface area contributed by atoms with Crippen molar-refractivity contribution in [3.63, 3.8) is 0 Å². The zero-order valence-corrected chi connectivity index (χ0v) is 11.4. The van der Waals surface area contributed by atoms with Gasteiger partial charge in [-0.05, 0) is 30.3 Å². The highest BCUT2D eigenvalue weighted by molar-refractivity contribution is 5.77. The average molecular weight is 277 g/mol. The lowest BCUT2D eigenvalue weighted by molar-refractivity contribution is 0.472. The maximum absolute atomic E-state index is 10.1. The van der Waals surface area contributed by atoms with Crippen LogP contribution in [0, 0.1) is 0 Å². The molecule has 3 aromatic rings. The van der Waals surface area contributed by atoms with Crippen molar-refractivity contribution in [2.75, 3.05) is 5.73 Å². The molecule has 0 amide bonds. The molecule has 3 rings (SSSR count). The SMILES string of the molecule is Nc1ccc(-c2ccccc2Oc2ccccc2)c(O)c1. The van der Waals surface area contributed by atoms with Crippen LogP contribution in [0.3, 0.4) is 0 Å². The Kier molecular flexibility index (Phi) is 3.48. The van der Waals surface area contributed by atoms with Gasteiger partial charge in [0.25, 0.3) is 0 Å². The van der Waals surface area contributed by atoms with Crippen molar-refractivity contribution in [2.24, 2.45) is 0 Å². The molecule has 0 bridgehead atoms. The van der Waals surface area contributed by atoms with Gasteiger partial charge in [0.2, 0.25) is 0 Å². The number of nitrogen functional groups attached to an aromatic ring is 1. The van der Waals surface area contributed by atoms with E-state index in [4.69, 9.17) is 10.5 Å². The molecule has 0 aromatic heterocycles. The number of aromatic hydroxyl groups is 1. The van der Waals surface area contributed by atoms with Crippen LogP contribution < -0.4 is 10.5 Å². The summed E-state index contributed by atoms with van der Waals surface area (Å²) in [7, 11) is 0. The van der Waals surface area contributed by atoms with Crippen LogP contribution in [-0.2, 0) is 0 Å². The van der Waals surface area contributed by atoms with Gasteiger partial charge in [0.05, 0.1) is 0 Å². The van der Waals surface area contributed by atoms with Crippen molar-refractivity contribution in [3.05, 3.63) is 72.8 Å². The molecule has 0 spiro atoms. The fraction of sp³-hybridized carbons (Fsp3) is 0. The molecular weight excluding hydrogens is 262 g/mol. The zero-order chi connectivity index (χ0) is 14.7. The average Bonchev–Trinajstić information content (AvgIpc) is 2.49. The number of benzene rings is 3. The third-order valence-corrected chi connectivity index (χ3v) is 3.17. The van der Waals surface area contributed by atoms with Crippen molar-refractivity contribution in [3.8, 4) is 28.4 Å². The molecule has 0 aliphatic rings.